The molecule has 15 heavy (non-hydrogen) atoms. The van der Waals surface area contributed by atoms with Crippen molar-refractivity contribution in [2.45, 2.75) is 20.8 Å². The molecule has 0 radical (unpaired) electrons. The van der Waals surface area contributed by atoms with E-state index in [1.54, 1.807) is 17.6 Å². The van der Waals surface area contributed by atoms with E-state index in [2.05, 4.69) is 0 Å². The van der Waals surface area contributed by atoms with Crippen LogP contribution in [0.1, 0.15) is 31.4 Å². The standard InChI is InChI=1S/C12H12O2S/c1-7-4-5-14-12(7)11(13)10-6-8(2)15-9(10)3/h4-6H,1-3H3. The lowest BCUT2D eigenvalue weighted by Crippen LogP contribution is -2.01. The fourth-order valence-electron chi connectivity index (χ4n) is 1.58. The van der Waals surface area contributed by atoms with Crippen LogP contribution in [0.25, 0.3) is 0 Å². The van der Waals surface area contributed by atoms with Crippen molar-refractivity contribution in [1.82, 2.24) is 0 Å². The van der Waals surface area contributed by atoms with Crippen LogP contribution in [0.4, 0.5) is 0 Å². The summed E-state index contributed by atoms with van der Waals surface area (Å²) in [6.07, 6.45) is 1.55. The van der Waals surface area contributed by atoms with Gasteiger partial charge in [0.1, 0.15) is 0 Å². The molecule has 0 bridgehead atoms. The van der Waals surface area contributed by atoms with Gasteiger partial charge >= 0.3 is 0 Å². The zero-order chi connectivity index (χ0) is 11.0. The van der Waals surface area contributed by atoms with Gasteiger partial charge in [-0.05, 0) is 38.5 Å². The van der Waals surface area contributed by atoms with E-state index in [0.29, 0.717) is 5.76 Å². The molecule has 0 aliphatic heterocycles. The summed E-state index contributed by atoms with van der Waals surface area (Å²) in [5.74, 6) is 0.440. The van der Waals surface area contributed by atoms with Crippen LogP contribution in [-0.4, -0.2) is 5.78 Å². The number of carbonyl (C=O) groups excluding carboxylic acids is 1. The van der Waals surface area contributed by atoms with Crippen LogP contribution in [0.3, 0.4) is 0 Å². The van der Waals surface area contributed by atoms with E-state index >= 15 is 0 Å². The van der Waals surface area contributed by atoms with Gasteiger partial charge in [-0.2, -0.15) is 0 Å². The maximum Gasteiger partial charge on any atom is 0.229 e. The first-order valence-electron chi connectivity index (χ1n) is 4.75. The first-order valence-corrected chi connectivity index (χ1v) is 5.57. The quantitative estimate of drug-likeness (QED) is 0.725. The second kappa shape index (κ2) is 3.66. The van der Waals surface area contributed by atoms with E-state index in [4.69, 9.17) is 4.42 Å². The van der Waals surface area contributed by atoms with Gasteiger partial charge in [-0.25, -0.2) is 0 Å². The highest BCUT2D eigenvalue weighted by Gasteiger charge is 2.18. The van der Waals surface area contributed by atoms with Crippen LogP contribution in [0.2, 0.25) is 0 Å². The lowest BCUT2D eigenvalue weighted by atomic mass is 10.1. The molecule has 0 saturated heterocycles. The minimum Gasteiger partial charge on any atom is -0.461 e. The minimum absolute atomic E-state index is 0.0145. The lowest BCUT2D eigenvalue weighted by Gasteiger charge is -1.96. The van der Waals surface area contributed by atoms with Gasteiger partial charge in [-0.3, -0.25) is 4.79 Å². The molecule has 0 spiro atoms. The Labute approximate surface area is 92.5 Å². The second-order valence-electron chi connectivity index (χ2n) is 3.59. The lowest BCUT2D eigenvalue weighted by molar-refractivity contribution is 0.101. The number of thiophene rings is 1. The van der Waals surface area contributed by atoms with E-state index in [1.165, 1.54) is 0 Å². The van der Waals surface area contributed by atoms with E-state index in [1.807, 2.05) is 32.9 Å². The average Bonchev–Trinajstić information content (AvgIpc) is 2.71. The summed E-state index contributed by atoms with van der Waals surface area (Å²) in [5.41, 5.74) is 1.65. The first-order chi connectivity index (χ1) is 7.09. The molecule has 2 aromatic heterocycles. The number of aryl methyl sites for hydroxylation is 3. The fourth-order valence-corrected chi connectivity index (χ4v) is 2.51. The van der Waals surface area contributed by atoms with Crippen LogP contribution in [0, 0.1) is 20.8 Å². The van der Waals surface area contributed by atoms with Gasteiger partial charge in [0, 0.05) is 15.3 Å². The van der Waals surface area contributed by atoms with Gasteiger partial charge in [0.15, 0.2) is 5.76 Å². The van der Waals surface area contributed by atoms with E-state index in [9.17, 15) is 4.79 Å². The summed E-state index contributed by atoms with van der Waals surface area (Å²) in [5, 5.41) is 0. The largest absolute Gasteiger partial charge is 0.461 e. The Morgan fingerprint density at radius 1 is 1.33 bits per heavy atom. The molecule has 0 atom stereocenters. The summed E-state index contributed by atoms with van der Waals surface area (Å²) < 4.78 is 5.20. The number of furan rings is 1. The van der Waals surface area contributed by atoms with Crippen molar-refractivity contribution in [3.05, 3.63) is 45.0 Å². The molecule has 2 rings (SSSR count). The second-order valence-corrected chi connectivity index (χ2v) is 5.05. The summed E-state index contributed by atoms with van der Waals surface area (Å²) in [6.45, 7) is 5.85. The normalized spacial score (nSPS) is 10.6. The van der Waals surface area contributed by atoms with Gasteiger partial charge < -0.3 is 4.42 Å². The molecule has 0 N–H and O–H groups in total. The van der Waals surface area contributed by atoms with Crippen molar-refractivity contribution in [2.24, 2.45) is 0 Å². The maximum absolute atomic E-state index is 12.1. The van der Waals surface area contributed by atoms with Crippen molar-refractivity contribution >= 4 is 17.1 Å². The van der Waals surface area contributed by atoms with E-state index < -0.39 is 0 Å². The van der Waals surface area contributed by atoms with Crippen molar-refractivity contribution < 1.29 is 9.21 Å². The molecule has 2 heterocycles. The zero-order valence-corrected chi connectivity index (χ0v) is 9.77. The fraction of sp³-hybridized carbons (Fsp3) is 0.250. The van der Waals surface area contributed by atoms with Crippen LogP contribution in [0.15, 0.2) is 22.8 Å². The van der Waals surface area contributed by atoms with Gasteiger partial charge in [0.25, 0.3) is 0 Å². The predicted octanol–water partition coefficient (Wildman–Crippen LogP) is 3.50. The topological polar surface area (TPSA) is 30.2 Å². The van der Waals surface area contributed by atoms with Crippen molar-refractivity contribution in [3.63, 3.8) is 0 Å². The Kier molecular flexibility index (Phi) is 2.49. The Hall–Kier alpha value is -1.35. The van der Waals surface area contributed by atoms with E-state index in [0.717, 1.165) is 20.9 Å². The van der Waals surface area contributed by atoms with Crippen LogP contribution in [0.5, 0.6) is 0 Å². The Balaban J connectivity index is 2.45. The monoisotopic (exact) mass is 220 g/mol. The molecule has 78 valence electrons. The maximum atomic E-state index is 12.1. The molecule has 0 aliphatic rings. The highest BCUT2D eigenvalue weighted by molar-refractivity contribution is 7.12. The van der Waals surface area contributed by atoms with Crippen molar-refractivity contribution in [1.29, 1.82) is 0 Å². The molecule has 0 aromatic carbocycles. The van der Waals surface area contributed by atoms with Gasteiger partial charge in [0.2, 0.25) is 5.78 Å². The van der Waals surface area contributed by atoms with Crippen molar-refractivity contribution in [3.8, 4) is 0 Å². The Morgan fingerprint density at radius 2 is 2.07 bits per heavy atom. The van der Waals surface area contributed by atoms with Crippen LogP contribution >= 0.6 is 11.3 Å². The number of hydrogen-bond acceptors (Lipinski definition) is 3. The molecule has 3 heteroatoms. The summed E-state index contributed by atoms with van der Waals surface area (Å²) >= 11 is 1.64. The van der Waals surface area contributed by atoms with Gasteiger partial charge in [-0.15, -0.1) is 11.3 Å². The minimum atomic E-state index is -0.0145. The molecule has 2 aromatic rings. The van der Waals surface area contributed by atoms with Gasteiger partial charge in [-0.1, -0.05) is 0 Å². The van der Waals surface area contributed by atoms with Crippen LogP contribution in [-0.2, 0) is 0 Å². The predicted molar refractivity (Wildman–Crippen MR) is 60.7 cm³/mol. The van der Waals surface area contributed by atoms with Crippen molar-refractivity contribution in [2.75, 3.05) is 0 Å². The number of rotatable bonds is 2. The number of hydrogen-bond donors (Lipinski definition) is 0. The SMILES string of the molecule is Cc1cc(C(=O)c2occc2C)c(C)s1. The molecular weight excluding hydrogens is 208 g/mol. The first kappa shape index (κ1) is 10.2. The Bertz CT molecular complexity index is 505. The molecule has 0 unspecified atom stereocenters. The summed E-state index contributed by atoms with van der Waals surface area (Å²) in [7, 11) is 0. The highest BCUT2D eigenvalue weighted by Crippen LogP contribution is 2.24. The molecular formula is C12H12O2S. The molecule has 0 fully saturated rings. The number of carbonyl (C=O) groups is 1. The molecule has 0 aliphatic carbocycles. The third-order valence-corrected chi connectivity index (χ3v) is 3.32. The average molecular weight is 220 g/mol. The van der Waals surface area contributed by atoms with E-state index in [-0.39, 0.29) is 5.78 Å². The molecule has 0 amide bonds. The summed E-state index contributed by atoms with van der Waals surface area (Å²) in [6, 6.07) is 3.73. The summed E-state index contributed by atoms with van der Waals surface area (Å²) in [4.78, 5) is 14.3. The van der Waals surface area contributed by atoms with Crippen LogP contribution < -0.4 is 0 Å². The van der Waals surface area contributed by atoms with Gasteiger partial charge in [0.05, 0.1) is 6.26 Å². The zero-order valence-electron chi connectivity index (χ0n) is 8.96. The number of ketones is 1. The Morgan fingerprint density at radius 3 is 2.53 bits per heavy atom. The molecule has 0 saturated carbocycles. The highest BCUT2D eigenvalue weighted by atomic mass is 32.1. The third-order valence-electron chi connectivity index (χ3n) is 2.35. The smallest absolute Gasteiger partial charge is 0.229 e. The third kappa shape index (κ3) is 1.75. The molecule has 2 nitrogen and oxygen atoms in total.